The van der Waals surface area contributed by atoms with Gasteiger partial charge < -0.3 is 10.1 Å². The molecule has 0 aliphatic rings. The van der Waals surface area contributed by atoms with Crippen LogP contribution < -0.4 is 10.1 Å². The van der Waals surface area contributed by atoms with E-state index in [-0.39, 0.29) is 0 Å². The zero-order chi connectivity index (χ0) is 11.1. The third-order valence-electron chi connectivity index (χ3n) is 2.18. The van der Waals surface area contributed by atoms with Crippen LogP contribution in [-0.2, 0) is 0 Å². The van der Waals surface area contributed by atoms with Crippen molar-refractivity contribution in [2.45, 2.75) is 13.8 Å². The molecule has 2 heteroatoms. The number of benzene rings is 1. The molecule has 0 amide bonds. The maximum absolute atomic E-state index is 5.11. The lowest BCUT2D eigenvalue weighted by molar-refractivity contribution is 0.415. The van der Waals surface area contributed by atoms with Crippen LogP contribution in [0.25, 0.3) is 6.08 Å². The first-order valence-corrected chi connectivity index (χ1v) is 5.28. The van der Waals surface area contributed by atoms with Gasteiger partial charge in [-0.25, -0.2) is 0 Å². The standard InChI is InChI=1S/C13H19NO/c1-4-14-10-11(2)9-12-5-7-13(15-3)8-6-12/h5-9,14H,4,10H2,1-3H3. The summed E-state index contributed by atoms with van der Waals surface area (Å²) in [5, 5.41) is 3.30. The number of nitrogens with one attached hydrogen (secondary N) is 1. The Hall–Kier alpha value is -1.28. The van der Waals surface area contributed by atoms with Crippen LogP contribution in [-0.4, -0.2) is 20.2 Å². The lowest BCUT2D eigenvalue weighted by atomic mass is 10.1. The van der Waals surface area contributed by atoms with E-state index in [1.54, 1.807) is 7.11 Å². The van der Waals surface area contributed by atoms with Gasteiger partial charge in [0.15, 0.2) is 0 Å². The average Bonchev–Trinajstić information content (AvgIpc) is 2.27. The summed E-state index contributed by atoms with van der Waals surface area (Å²) in [5.74, 6) is 0.900. The summed E-state index contributed by atoms with van der Waals surface area (Å²) in [7, 11) is 1.68. The van der Waals surface area contributed by atoms with Gasteiger partial charge in [-0.15, -0.1) is 0 Å². The first kappa shape index (κ1) is 11.8. The number of hydrogen-bond donors (Lipinski definition) is 1. The summed E-state index contributed by atoms with van der Waals surface area (Å²) < 4.78 is 5.11. The van der Waals surface area contributed by atoms with Crippen molar-refractivity contribution in [3.05, 3.63) is 35.4 Å². The number of methoxy groups -OCH3 is 1. The summed E-state index contributed by atoms with van der Waals surface area (Å²) in [6, 6.07) is 8.08. The molecule has 0 atom stereocenters. The van der Waals surface area contributed by atoms with Gasteiger partial charge in [0.25, 0.3) is 0 Å². The van der Waals surface area contributed by atoms with Crippen LogP contribution in [0.5, 0.6) is 5.75 Å². The zero-order valence-corrected chi connectivity index (χ0v) is 9.71. The van der Waals surface area contributed by atoms with E-state index in [1.807, 2.05) is 12.1 Å². The quantitative estimate of drug-likeness (QED) is 0.798. The molecular weight excluding hydrogens is 186 g/mol. The fourth-order valence-corrected chi connectivity index (χ4v) is 1.36. The van der Waals surface area contributed by atoms with Gasteiger partial charge in [-0.2, -0.15) is 0 Å². The molecule has 0 aliphatic carbocycles. The van der Waals surface area contributed by atoms with Crippen LogP contribution >= 0.6 is 0 Å². The van der Waals surface area contributed by atoms with Crippen molar-refractivity contribution in [1.82, 2.24) is 5.32 Å². The van der Waals surface area contributed by atoms with Crippen molar-refractivity contribution >= 4 is 6.08 Å². The Bertz CT molecular complexity index is 314. The highest BCUT2D eigenvalue weighted by Crippen LogP contribution is 2.13. The molecule has 0 heterocycles. The molecule has 1 N–H and O–H groups in total. The molecular formula is C13H19NO. The minimum atomic E-state index is 0.900. The molecule has 82 valence electrons. The van der Waals surface area contributed by atoms with Gasteiger partial charge in [-0.3, -0.25) is 0 Å². The average molecular weight is 205 g/mol. The Labute approximate surface area is 92.0 Å². The molecule has 2 nitrogen and oxygen atoms in total. The molecule has 0 fully saturated rings. The van der Waals surface area contributed by atoms with Crippen molar-refractivity contribution in [3.63, 3.8) is 0 Å². The molecule has 0 radical (unpaired) electrons. The molecule has 0 unspecified atom stereocenters. The van der Waals surface area contributed by atoms with Crippen molar-refractivity contribution in [2.75, 3.05) is 20.2 Å². The van der Waals surface area contributed by atoms with E-state index in [0.717, 1.165) is 18.8 Å². The smallest absolute Gasteiger partial charge is 0.118 e. The Morgan fingerprint density at radius 1 is 1.33 bits per heavy atom. The van der Waals surface area contributed by atoms with Gasteiger partial charge in [0.2, 0.25) is 0 Å². The highest BCUT2D eigenvalue weighted by atomic mass is 16.5. The first-order valence-electron chi connectivity index (χ1n) is 5.28. The van der Waals surface area contributed by atoms with Crippen molar-refractivity contribution in [3.8, 4) is 5.75 Å². The topological polar surface area (TPSA) is 21.3 Å². The maximum Gasteiger partial charge on any atom is 0.118 e. The van der Waals surface area contributed by atoms with Crippen LogP contribution in [0.4, 0.5) is 0 Å². The van der Waals surface area contributed by atoms with Crippen LogP contribution in [0.3, 0.4) is 0 Å². The second-order valence-corrected chi connectivity index (χ2v) is 3.54. The van der Waals surface area contributed by atoms with Gasteiger partial charge >= 0.3 is 0 Å². The van der Waals surface area contributed by atoms with E-state index in [2.05, 4.69) is 37.4 Å². The van der Waals surface area contributed by atoms with Crippen LogP contribution in [0, 0.1) is 0 Å². The summed E-state index contributed by atoms with van der Waals surface area (Å²) >= 11 is 0. The van der Waals surface area contributed by atoms with Gasteiger partial charge in [-0.05, 0) is 31.2 Å². The van der Waals surface area contributed by atoms with Gasteiger partial charge in [-0.1, -0.05) is 30.7 Å². The van der Waals surface area contributed by atoms with Crippen LogP contribution in [0.15, 0.2) is 29.8 Å². The van der Waals surface area contributed by atoms with E-state index >= 15 is 0 Å². The molecule has 1 aromatic rings. The van der Waals surface area contributed by atoms with E-state index in [1.165, 1.54) is 11.1 Å². The van der Waals surface area contributed by atoms with E-state index in [0.29, 0.717) is 0 Å². The van der Waals surface area contributed by atoms with Gasteiger partial charge in [0, 0.05) is 6.54 Å². The summed E-state index contributed by atoms with van der Waals surface area (Å²) in [4.78, 5) is 0. The lowest BCUT2D eigenvalue weighted by Crippen LogP contribution is -2.14. The monoisotopic (exact) mass is 205 g/mol. The molecule has 15 heavy (non-hydrogen) atoms. The fourth-order valence-electron chi connectivity index (χ4n) is 1.36. The number of hydrogen-bond acceptors (Lipinski definition) is 2. The highest BCUT2D eigenvalue weighted by molar-refractivity contribution is 5.53. The fraction of sp³-hybridized carbons (Fsp3) is 0.385. The zero-order valence-electron chi connectivity index (χ0n) is 9.71. The number of rotatable bonds is 5. The van der Waals surface area contributed by atoms with Crippen molar-refractivity contribution in [1.29, 1.82) is 0 Å². The Morgan fingerprint density at radius 3 is 2.53 bits per heavy atom. The molecule has 0 bridgehead atoms. The van der Waals surface area contributed by atoms with Gasteiger partial charge in [0.05, 0.1) is 7.11 Å². The van der Waals surface area contributed by atoms with E-state index in [9.17, 15) is 0 Å². The van der Waals surface area contributed by atoms with Crippen LogP contribution in [0.2, 0.25) is 0 Å². The second kappa shape index (κ2) is 6.25. The normalized spacial score (nSPS) is 11.5. The number of ether oxygens (including phenoxy) is 1. The van der Waals surface area contributed by atoms with Crippen LogP contribution in [0.1, 0.15) is 19.4 Å². The Morgan fingerprint density at radius 2 is 2.00 bits per heavy atom. The molecule has 0 aromatic heterocycles. The third kappa shape index (κ3) is 4.17. The maximum atomic E-state index is 5.11. The molecule has 0 spiro atoms. The minimum Gasteiger partial charge on any atom is -0.497 e. The highest BCUT2D eigenvalue weighted by Gasteiger charge is 1.92. The van der Waals surface area contributed by atoms with Gasteiger partial charge in [0.1, 0.15) is 5.75 Å². The van der Waals surface area contributed by atoms with Crippen molar-refractivity contribution in [2.24, 2.45) is 0 Å². The first-order chi connectivity index (χ1) is 7.26. The predicted octanol–water partition coefficient (Wildman–Crippen LogP) is 2.71. The predicted molar refractivity (Wildman–Crippen MR) is 65.2 cm³/mol. The Balaban J connectivity index is 2.62. The van der Waals surface area contributed by atoms with E-state index in [4.69, 9.17) is 4.74 Å². The lowest BCUT2D eigenvalue weighted by Gasteiger charge is -2.03. The summed E-state index contributed by atoms with van der Waals surface area (Å²) in [6.07, 6.45) is 2.18. The Kier molecular flexibility index (Phi) is 4.91. The molecule has 1 aromatic carbocycles. The summed E-state index contributed by atoms with van der Waals surface area (Å²) in [6.45, 7) is 6.20. The minimum absolute atomic E-state index is 0.900. The number of likely N-dealkylation sites (N-methyl/N-ethyl adjacent to an activating group) is 1. The molecule has 1 rings (SSSR count). The largest absolute Gasteiger partial charge is 0.497 e. The summed E-state index contributed by atoms with van der Waals surface area (Å²) in [5.41, 5.74) is 2.55. The van der Waals surface area contributed by atoms with E-state index < -0.39 is 0 Å². The molecule has 0 aliphatic heterocycles. The second-order valence-electron chi connectivity index (χ2n) is 3.54. The molecule has 0 saturated carbocycles. The molecule has 0 saturated heterocycles. The third-order valence-corrected chi connectivity index (χ3v) is 2.18. The van der Waals surface area contributed by atoms with Crippen molar-refractivity contribution < 1.29 is 4.74 Å². The SMILES string of the molecule is CCNCC(C)=Cc1ccc(OC)cc1.